The minimum atomic E-state index is -0.625. The van der Waals surface area contributed by atoms with Crippen LogP contribution < -0.4 is 10.2 Å². The minimum absolute atomic E-state index is 0.340. The van der Waals surface area contributed by atoms with Crippen molar-refractivity contribution in [3.63, 3.8) is 0 Å². The highest BCUT2D eigenvalue weighted by atomic mass is 16.6. The van der Waals surface area contributed by atoms with Gasteiger partial charge >= 0.3 is 12.2 Å². The first-order valence-corrected chi connectivity index (χ1v) is 7.29. The Balaban J connectivity index is 2.94. The van der Waals surface area contributed by atoms with Crippen LogP contribution in [0.2, 0.25) is 0 Å². The molecule has 0 saturated heterocycles. The summed E-state index contributed by atoms with van der Waals surface area (Å²) in [4.78, 5) is 25.4. The van der Waals surface area contributed by atoms with Gasteiger partial charge in [0.1, 0.15) is 16.9 Å². The average molecular weight is 326 g/mol. The van der Waals surface area contributed by atoms with Crippen LogP contribution in [0.4, 0.5) is 21.1 Å². The highest BCUT2D eigenvalue weighted by Gasteiger charge is 2.25. The van der Waals surface area contributed by atoms with E-state index in [9.17, 15) is 9.59 Å². The van der Waals surface area contributed by atoms with Gasteiger partial charge in [0.05, 0.1) is 6.20 Å². The molecule has 0 atom stereocenters. The van der Waals surface area contributed by atoms with Crippen LogP contribution in [0.3, 0.4) is 0 Å². The Hall–Kier alpha value is -2.25. The Morgan fingerprint density at radius 3 is 2.13 bits per heavy atom. The number of aryl methyl sites for hydroxylation is 1. The van der Waals surface area contributed by atoms with E-state index in [2.05, 4.69) is 10.4 Å². The van der Waals surface area contributed by atoms with Crippen molar-refractivity contribution in [1.29, 1.82) is 0 Å². The zero-order valence-electron chi connectivity index (χ0n) is 15.1. The van der Waals surface area contributed by atoms with Crippen LogP contribution in [-0.4, -0.2) is 40.2 Å². The summed E-state index contributed by atoms with van der Waals surface area (Å²) in [6.45, 7) is 10.6. The quantitative estimate of drug-likeness (QED) is 0.902. The van der Waals surface area contributed by atoms with Gasteiger partial charge in [-0.15, -0.1) is 0 Å². The van der Waals surface area contributed by atoms with E-state index in [1.165, 1.54) is 15.8 Å². The van der Waals surface area contributed by atoms with E-state index in [-0.39, 0.29) is 0 Å². The topological polar surface area (TPSA) is 85.7 Å². The number of rotatable bonds is 2. The van der Waals surface area contributed by atoms with Gasteiger partial charge in [0.25, 0.3) is 0 Å². The first-order chi connectivity index (χ1) is 10.3. The lowest BCUT2D eigenvalue weighted by Gasteiger charge is -2.25. The number of anilines is 2. The third-order valence-corrected chi connectivity index (χ3v) is 2.57. The van der Waals surface area contributed by atoms with Crippen LogP contribution in [-0.2, 0) is 16.5 Å². The van der Waals surface area contributed by atoms with Crippen LogP contribution in [0.15, 0.2) is 6.20 Å². The summed E-state index contributed by atoms with van der Waals surface area (Å²) in [5, 5.41) is 6.67. The number of nitrogens with one attached hydrogen (secondary N) is 1. The molecule has 8 nitrogen and oxygen atoms in total. The van der Waals surface area contributed by atoms with Crippen molar-refractivity contribution in [1.82, 2.24) is 9.78 Å². The van der Waals surface area contributed by atoms with Crippen molar-refractivity contribution in [2.45, 2.75) is 52.7 Å². The van der Waals surface area contributed by atoms with E-state index in [1.54, 1.807) is 55.6 Å². The van der Waals surface area contributed by atoms with Crippen LogP contribution >= 0.6 is 0 Å². The molecule has 1 aromatic heterocycles. The van der Waals surface area contributed by atoms with E-state index in [0.717, 1.165) is 0 Å². The molecule has 0 aliphatic heterocycles. The number of amides is 2. The van der Waals surface area contributed by atoms with Gasteiger partial charge < -0.3 is 9.47 Å². The van der Waals surface area contributed by atoms with Crippen molar-refractivity contribution < 1.29 is 19.1 Å². The Kier molecular flexibility index (Phi) is 5.29. The Bertz CT molecular complexity index is 581. The van der Waals surface area contributed by atoms with Crippen LogP contribution in [0.25, 0.3) is 0 Å². The monoisotopic (exact) mass is 326 g/mol. The van der Waals surface area contributed by atoms with Crippen molar-refractivity contribution in [2.24, 2.45) is 7.05 Å². The minimum Gasteiger partial charge on any atom is -0.444 e. The number of carbonyl (C=O) groups excluding carboxylic acids is 2. The maximum absolute atomic E-state index is 12.2. The third-order valence-electron chi connectivity index (χ3n) is 2.57. The summed E-state index contributed by atoms with van der Waals surface area (Å²) in [5.74, 6) is 0.340. The van der Waals surface area contributed by atoms with Gasteiger partial charge in [-0.2, -0.15) is 5.10 Å². The molecule has 0 aliphatic rings. The van der Waals surface area contributed by atoms with Gasteiger partial charge in [0, 0.05) is 14.1 Å². The highest BCUT2D eigenvalue weighted by molar-refractivity contribution is 5.95. The summed E-state index contributed by atoms with van der Waals surface area (Å²) < 4.78 is 12.0. The maximum atomic E-state index is 12.2. The zero-order valence-corrected chi connectivity index (χ0v) is 15.1. The van der Waals surface area contributed by atoms with Gasteiger partial charge in [0.15, 0.2) is 5.82 Å². The molecular weight excluding hydrogens is 300 g/mol. The summed E-state index contributed by atoms with van der Waals surface area (Å²) in [6.07, 6.45) is 0.300. The summed E-state index contributed by atoms with van der Waals surface area (Å²) in [6, 6.07) is 0. The van der Waals surface area contributed by atoms with E-state index < -0.39 is 23.4 Å². The van der Waals surface area contributed by atoms with Gasteiger partial charge in [-0.25, -0.2) is 9.59 Å². The lowest BCUT2D eigenvalue weighted by atomic mass is 10.2. The largest absolute Gasteiger partial charge is 0.444 e. The molecule has 2 amide bonds. The van der Waals surface area contributed by atoms with Gasteiger partial charge in [-0.05, 0) is 41.5 Å². The second kappa shape index (κ2) is 6.47. The highest BCUT2D eigenvalue weighted by Crippen LogP contribution is 2.26. The average Bonchev–Trinajstić information content (AvgIpc) is 2.65. The fourth-order valence-electron chi connectivity index (χ4n) is 1.65. The normalized spacial score (nSPS) is 11.8. The molecule has 1 heterocycles. The Labute approximate surface area is 136 Å². The molecule has 23 heavy (non-hydrogen) atoms. The SMILES string of the molecule is CN(C(=O)OC(C)(C)C)c1cnn(C)c1NC(=O)OC(C)(C)C. The number of hydrogen-bond donors (Lipinski definition) is 1. The molecule has 130 valence electrons. The van der Waals surface area contributed by atoms with Crippen molar-refractivity contribution >= 4 is 23.7 Å². The molecule has 1 aromatic rings. The molecule has 0 radical (unpaired) electrons. The third kappa shape index (κ3) is 5.80. The summed E-state index contributed by atoms with van der Waals surface area (Å²) >= 11 is 0. The number of hydrogen-bond acceptors (Lipinski definition) is 5. The number of aromatic nitrogens is 2. The standard InChI is InChI=1S/C15H26N4O4/c1-14(2,3)22-12(20)17-11-10(9-16-19(11)8)18(7)13(21)23-15(4,5)6/h9H,1-8H3,(H,17,20). The molecule has 0 aliphatic carbocycles. The fourth-order valence-corrected chi connectivity index (χ4v) is 1.65. The zero-order chi connectivity index (χ0) is 18.0. The van der Waals surface area contributed by atoms with Gasteiger partial charge in [-0.1, -0.05) is 0 Å². The molecule has 0 spiro atoms. The first kappa shape index (κ1) is 18.8. The summed E-state index contributed by atoms with van der Waals surface area (Å²) in [7, 11) is 3.20. The Morgan fingerprint density at radius 1 is 1.13 bits per heavy atom. The second-order valence-electron chi connectivity index (χ2n) is 7.17. The second-order valence-corrected chi connectivity index (χ2v) is 7.17. The molecule has 0 unspecified atom stereocenters. The molecule has 0 bridgehead atoms. The molecule has 0 aromatic carbocycles. The van der Waals surface area contributed by atoms with E-state index in [4.69, 9.17) is 9.47 Å². The molecule has 0 saturated carbocycles. The number of ether oxygens (including phenoxy) is 2. The van der Waals surface area contributed by atoms with Gasteiger partial charge in [-0.3, -0.25) is 14.9 Å². The number of carbonyl (C=O) groups is 2. The predicted octanol–water partition coefficient (Wildman–Crippen LogP) is 3.14. The van der Waals surface area contributed by atoms with Crippen LogP contribution in [0.1, 0.15) is 41.5 Å². The maximum Gasteiger partial charge on any atom is 0.414 e. The van der Waals surface area contributed by atoms with Crippen molar-refractivity contribution in [3.05, 3.63) is 6.20 Å². The molecule has 8 heteroatoms. The van der Waals surface area contributed by atoms with Crippen LogP contribution in [0, 0.1) is 0 Å². The van der Waals surface area contributed by atoms with Crippen molar-refractivity contribution in [2.75, 3.05) is 17.3 Å². The number of nitrogens with zero attached hydrogens (tertiary/aromatic N) is 3. The van der Waals surface area contributed by atoms with Crippen LogP contribution in [0.5, 0.6) is 0 Å². The van der Waals surface area contributed by atoms with Crippen molar-refractivity contribution in [3.8, 4) is 0 Å². The van der Waals surface area contributed by atoms with E-state index >= 15 is 0 Å². The Morgan fingerprint density at radius 2 is 1.65 bits per heavy atom. The summed E-state index contributed by atoms with van der Waals surface area (Å²) in [5.41, 5.74) is -0.834. The predicted molar refractivity (Wildman–Crippen MR) is 87.7 cm³/mol. The lowest BCUT2D eigenvalue weighted by Crippen LogP contribution is -2.35. The van der Waals surface area contributed by atoms with E-state index in [0.29, 0.717) is 11.5 Å². The van der Waals surface area contributed by atoms with E-state index in [1.807, 2.05) is 0 Å². The molecule has 0 fully saturated rings. The molecule has 1 rings (SSSR count). The first-order valence-electron chi connectivity index (χ1n) is 7.29. The molecular formula is C15H26N4O4. The molecule has 1 N–H and O–H groups in total. The lowest BCUT2D eigenvalue weighted by molar-refractivity contribution is 0.0584. The fraction of sp³-hybridized carbons (Fsp3) is 0.667. The smallest absolute Gasteiger partial charge is 0.414 e. The van der Waals surface area contributed by atoms with Gasteiger partial charge in [0.2, 0.25) is 0 Å².